The molecule has 33 heavy (non-hydrogen) atoms. The van der Waals surface area contributed by atoms with E-state index in [9.17, 15) is 13.6 Å². The first-order valence-corrected chi connectivity index (χ1v) is 10.7. The monoisotopic (exact) mass is 451 g/mol. The second-order valence-corrected chi connectivity index (χ2v) is 8.01. The minimum Gasteiger partial charge on any atom is -0.495 e. The van der Waals surface area contributed by atoms with Crippen LogP contribution in [0, 0.1) is 11.6 Å². The Labute approximate surface area is 189 Å². The van der Waals surface area contributed by atoms with Crippen molar-refractivity contribution >= 4 is 22.7 Å². The lowest BCUT2D eigenvalue weighted by Gasteiger charge is -2.36. The van der Waals surface area contributed by atoms with Crippen LogP contribution in [0.25, 0.3) is 11.1 Å². The number of anilines is 1. The molecule has 0 spiro atoms. The molecule has 0 aliphatic carbocycles. The van der Waals surface area contributed by atoms with E-state index in [0.717, 1.165) is 17.5 Å². The molecule has 2 aromatic heterocycles. The lowest BCUT2D eigenvalue weighted by Crippen LogP contribution is -2.49. The molecule has 0 atom stereocenters. The summed E-state index contributed by atoms with van der Waals surface area (Å²) in [5.74, 6) is -0.645. The summed E-state index contributed by atoms with van der Waals surface area (Å²) >= 11 is 0. The molecule has 4 aromatic rings. The summed E-state index contributed by atoms with van der Waals surface area (Å²) in [7, 11) is 1.65. The van der Waals surface area contributed by atoms with Gasteiger partial charge in [-0.05, 0) is 29.8 Å². The molecule has 1 aliphatic heterocycles. The standard InChI is InChI=1S/C25H23F2N3O3/c1-32-23-5-3-2-4-20(23)28-7-9-29(10-8-28)25(31)22-15-24-21(6-11-33-24)30(22)16-17-12-18(26)14-19(27)13-17/h2-6,11-15H,7-10,16H2,1H3. The minimum atomic E-state index is -0.652. The minimum absolute atomic E-state index is 0.141. The molecule has 5 rings (SSSR count). The fourth-order valence-electron chi connectivity index (χ4n) is 4.41. The molecule has 6 nitrogen and oxygen atoms in total. The number of para-hydroxylation sites is 2. The Morgan fingerprint density at radius 2 is 1.73 bits per heavy atom. The van der Waals surface area contributed by atoms with Crippen LogP contribution in [-0.4, -0.2) is 48.7 Å². The lowest BCUT2D eigenvalue weighted by atomic mass is 10.2. The van der Waals surface area contributed by atoms with Crippen molar-refractivity contribution in [1.82, 2.24) is 9.47 Å². The van der Waals surface area contributed by atoms with Crippen molar-refractivity contribution in [2.45, 2.75) is 6.54 Å². The highest BCUT2D eigenvalue weighted by molar-refractivity contribution is 5.97. The number of piperazine rings is 1. The van der Waals surface area contributed by atoms with E-state index < -0.39 is 11.6 Å². The molecule has 170 valence electrons. The first-order chi connectivity index (χ1) is 16.0. The Bertz CT molecular complexity index is 1290. The number of amides is 1. The van der Waals surface area contributed by atoms with Gasteiger partial charge >= 0.3 is 0 Å². The number of fused-ring (bicyclic) bond motifs is 1. The van der Waals surface area contributed by atoms with E-state index in [2.05, 4.69) is 4.90 Å². The number of ether oxygens (including phenoxy) is 1. The predicted molar refractivity (Wildman–Crippen MR) is 121 cm³/mol. The van der Waals surface area contributed by atoms with E-state index in [1.54, 1.807) is 28.7 Å². The molecule has 0 N–H and O–H groups in total. The van der Waals surface area contributed by atoms with Gasteiger partial charge in [-0.15, -0.1) is 0 Å². The quantitative estimate of drug-likeness (QED) is 0.447. The van der Waals surface area contributed by atoms with Crippen LogP contribution in [0.2, 0.25) is 0 Å². The molecule has 1 fully saturated rings. The van der Waals surface area contributed by atoms with Crippen LogP contribution >= 0.6 is 0 Å². The van der Waals surface area contributed by atoms with Crippen molar-refractivity contribution in [2.75, 3.05) is 38.2 Å². The summed E-state index contributed by atoms with van der Waals surface area (Å²) in [5, 5.41) is 0. The lowest BCUT2D eigenvalue weighted by molar-refractivity contribution is 0.0736. The third-order valence-corrected chi connectivity index (χ3v) is 6.00. The number of benzene rings is 2. The van der Waals surface area contributed by atoms with Crippen molar-refractivity contribution in [3.63, 3.8) is 0 Å². The fraction of sp³-hybridized carbons (Fsp3) is 0.240. The molecular weight excluding hydrogens is 428 g/mol. The first kappa shape index (κ1) is 21.1. The van der Waals surface area contributed by atoms with E-state index in [4.69, 9.17) is 9.15 Å². The van der Waals surface area contributed by atoms with Gasteiger partial charge in [-0.2, -0.15) is 0 Å². The van der Waals surface area contributed by atoms with Gasteiger partial charge in [-0.25, -0.2) is 8.78 Å². The Morgan fingerprint density at radius 3 is 2.45 bits per heavy atom. The average Bonchev–Trinajstić information content (AvgIpc) is 3.41. The second kappa shape index (κ2) is 8.61. The molecule has 3 heterocycles. The maximum Gasteiger partial charge on any atom is 0.270 e. The molecule has 1 amide bonds. The second-order valence-electron chi connectivity index (χ2n) is 8.01. The number of hydrogen-bond donors (Lipinski definition) is 0. The van der Waals surface area contributed by atoms with E-state index in [0.29, 0.717) is 48.5 Å². The highest BCUT2D eigenvalue weighted by Gasteiger charge is 2.27. The first-order valence-electron chi connectivity index (χ1n) is 10.7. The van der Waals surface area contributed by atoms with Crippen molar-refractivity contribution in [1.29, 1.82) is 0 Å². The molecule has 0 unspecified atom stereocenters. The molecule has 1 aliphatic rings. The summed E-state index contributed by atoms with van der Waals surface area (Å²) in [6.45, 7) is 2.56. The number of aromatic nitrogens is 1. The van der Waals surface area contributed by atoms with Crippen LogP contribution in [0.3, 0.4) is 0 Å². The maximum absolute atomic E-state index is 13.7. The van der Waals surface area contributed by atoms with Gasteiger partial charge in [0.05, 0.1) is 24.6 Å². The normalized spacial score (nSPS) is 14.2. The van der Waals surface area contributed by atoms with E-state index >= 15 is 0 Å². The van der Waals surface area contributed by atoms with Crippen molar-refractivity contribution in [3.05, 3.63) is 83.8 Å². The van der Waals surface area contributed by atoms with Gasteiger partial charge in [0.15, 0.2) is 5.58 Å². The molecule has 0 radical (unpaired) electrons. The zero-order valence-electron chi connectivity index (χ0n) is 18.1. The van der Waals surface area contributed by atoms with E-state index in [-0.39, 0.29) is 12.5 Å². The largest absolute Gasteiger partial charge is 0.495 e. The summed E-state index contributed by atoms with van der Waals surface area (Å²) in [5.41, 5.74) is 3.13. The van der Waals surface area contributed by atoms with Crippen molar-refractivity contribution in [2.24, 2.45) is 0 Å². The average molecular weight is 451 g/mol. The number of methoxy groups -OCH3 is 1. The predicted octanol–water partition coefficient (Wildman–Crippen LogP) is 4.53. The van der Waals surface area contributed by atoms with Crippen LogP contribution < -0.4 is 9.64 Å². The van der Waals surface area contributed by atoms with Gasteiger partial charge in [0, 0.05) is 50.9 Å². The fourth-order valence-corrected chi connectivity index (χ4v) is 4.41. The molecular formula is C25H23F2N3O3. The van der Waals surface area contributed by atoms with Crippen LogP contribution in [-0.2, 0) is 6.54 Å². The number of furan rings is 1. The Morgan fingerprint density at radius 1 is 1.00 bits per heavy atom. The highest BCUT2D eigenvalue weighted by atomic mass is 19.1. The smallest absolute Gasteiger partial charge is 0.270 e. The summed E-state index contributed by atoms with van der Waals surface area (Å²) in [6, 6.07) is 14.6. The van der Waals surface area contributed by atoms with Gasteiger partial charge in [-0.1, -0.05) is 12.1 Å². The summed E-state index contributed by atoms with van der Waals surface area (Å²) < 4.78 is 40.2. The highest BCUT2D eigenvalue weighted by Crippen LogP contribution is 2.29. The van der Waals surface area contributed by atoms with Gasteiger partial charge < -0.3 is 23.5 Å². The number of nitrogens with zero attached hydrogens (tertiary/aromatic N) is 3. The molecule has 1 saturated heterocycles. The van der Waals surface area contributed by atoms with Crippen molar-refractivity contribution in [3.8, 4) is 5.75 Å². The van der Waals surface area contributed by atoms with Crippen LogP contribution in [0.1, 0.15) is 16.1 Å². The Balaban J connectivity index is 1.38. The molecule has 2 aromatic carbocycles. The van der Waals surface area contributed by atoms with Gasteiger partial charge in [0.25, 0.3) is 5.91 Å². The third kappa shape index (κ3) is 4.04. The van der Waals surface area contributed by atoms with E-state index in [1.807, 2.05) is 24.3 Å². The molecule has 8 heteroatoms. The Kier molecular flexibility index (Phi) is 5.50. The maximum atomic E-state index is 13.7. The van der Waals surface area contributed by atoms with Gasteiger partial charge in [0.2, 0.25) is 0 Å². The summed E-state index contributed by atoms with van der Waals surface area (Å²) in [6.07, 6.45) is 1.54. The molecule has 0 saturated carbocycles. The summed E-state index contributed by atoms with van der Waals surface area (Å²) in [4.78, 5) is 17.4. The zero-order valence-corrected chi connectivity index (χ0v) is 18.1. The number of rotatable bonds is 5. The van der Waals surface area contributed by atoms with Gasteiger partial charge in [-0.3, -0.25) is 4.79 Å². The number of halogens is 2. The van der Waals surface area contributed by atoms with Crippen LogP contribution in [0.15, 0.2) is 65.3 Å². The number of hydrogen-bond acceptors (Lipinski definition) is 4. The van der Waals surface area contributed by atoms with Crippen LogP contribution in [0.5, 0.6) is 5.75 Å². The third-order valence-electron chi connectivity index (χ3n) is 6.00. The molecule has 0 bridgehead atoms. The van der Waals surface area contributed by atoms with Crippen LogP contribution in [0.4, 0.5) is 14.5 Å². The zero-order chi connectivity index (χ0) is 22.9. The number of carbonyl (C=O) groups is 1. The number of carbonyl (C=O) groups excluding carboxylic acids is 1. The van der Waals surface area contributed by atoms with Crippen molar-refractivity contribution < 1.29 is 22.7 Å². The topological polar surface area (TPSA) is 50.9 Å². The van der Waals surface area contributed by atoms with Gasteiger partial charge in [0.1, 0.15) is 23.1 Å². The van der Waals surface area contributed by atoms with E-state index in [1.165, 1.54) is 18.4 Å². The SMILES string of the molecule is COc1ccccc1N1CCN(C(=O)c2cc3occc3n2Cc2cc(F)cc(F)c2)CC1. The Hall–Kier alpha value is -3.81.